The molecule has 12 nitrogen and oxygen atoms in total. The van der Waals surface area contributed by atoms with Crippen molar-refractivity contribution >= 4 is 35.2 Å². The zero-order valence-electron chi connectivity index (χ0n) is 23.9. The minimum atomic E-state index is -1.37. The van der Waals surface area contributed by atoms with Crippen LogP contribution < -0.4 is 32.5 Å². The van der Waals surface area contributed by atoms with E-state index in [1.807, 2.05) is 30.3 Å². The summed E-state index contributed by atoms with van der Waals surface area (Å²) < 4.78 is 0. The minimum Gasteiger partial charge on any atom is -0.391 e. The number of nitrogens with one attached hydrogen (secondary N) is 5. The standard InChI is InChI=1S/C31H36N6O6/c1-19(28(40)34-25(17-18-26(32)39)30(42)37-36-24-11-7-4-8-12-24)33-31(43)27(20(2)38)35-29(41)23-15-13-22(14-16-23)21-9-5-3-6-10-21/h3-16,19-20,25,27,36,38H,17-18H2,1-2H3,(H2,32,39)(H,33,43)(H,34,40)(H,35,41)(H,37,42)/t19-,20+,25-,27-/m0/s1. The Kier molecular flexibility index (Phi) is 11.8. The number of benzene rings is 3. The molecule has 3 rings (SSSR count). The lowest BCUT2D eigenvalue weighted by molar-refractivity contribution is -0.133. The van der Waals surface area contributed by atoms with Crippen LogP contribution in [0.5, 0.6) is 0 Å². The van der Waals surface area contributed by atoms with Crippen molar-refractivity contribution in [2.24, 2.45) is 5.73 Å². The quantitative estimate of drug-likeness (QED) is 0.138. The monoisotopic (exact) mass is 588 g/mol. The molecule has 0 radical (unpaired) electrons. The van der Waals surface area contributed by atoms with Gasteiger partial charge < -0.3 is 26.8 Å². The molecule has 226 valence electrons. The van der Waals surface area contributed by atoms with E-state index in [0.717, 1.165) is 11.1 Å². The fourth-order valence-corrected chi connectivity index (χ4v) is 4.04. The van der Waals surface area contributed by atoms with E-state index in [0.29, 0.717) is 5.69 Å². The fraction of sp³-hybridized carbons (Fsp3) is 0.258. The van der Waals surface area contributed by atoms with Crippen molar-refractivity contribution in [2.45, 2.75) is 50.9 Å². The topological polar surface area (TPSA) is 192 Å². The summed E-state index contributed by atoms with van der Waals surface area (Å²) in [7, 11) is 0. The average molecular weight is 589 g/mol. The molecule has 0 unspecified atom stereocenters. The highest BCUT2D eigenvalue weighted by molar-refractivity contribution is 5.99. The summed E-state index contributed by atoms with van der Waals surface area (Å²) >= 11 is 0. The third-order valence-electron chi connectivity index (χ3n) is 6.47. The second-order valence-electron chi connectivity index (χ2n) is 9.91. The number of anilines is 1. The zero-order valence-corrected chi connectivity index (χ0v) is 23.9. The average Bonchev–Trinajstić information content (AvgIpc) is 3.01. The van der Waals surface area contributed by atoms with Crippen LogP contribution in [0.3, 0.4) is 0 Å². The Labute approximate surface area is 249 Å². The van der Waals surface area contributed by atoms with Gasteiger partial charge in [-0.3, -0.25) is 34.8 Å². The number of para-hydroxylation sites is 1. The molecule has 8 N–H and O–H groups in total. The van der Waals surface area contributed by atoms with Gasteiger partial charge in [0.05, 0.1) is 11.8 Å². The summed E-state index contributed by atoms with van der Waals surface area (Å²) in [4.78, 5) is 62.8. The number of aliphatic hydroxyl groups is 1. The van der Waals surface area contributed by atoms with Crippen LogP contribution in [0.25, 0.3) is 11.1 Å². The maximum atomic E-state index is 13.0. The Balaban J connectivity index is 1.60. The van der Waals surface area contributed by atoms with E-state index in [1.165, 1.54) is 13.8 Å². The van der Waals surface area contributed by atoms with Gasteiger partial charge in [0.1, 0.15) is 18.1 Å². The lowest BCUT2D eigenvalue weighted by atomic mass is 10.0. The Morgan fingerprint density at radius 3 is 1.88 bits per heavy atom. The van der Waals surface area contributed by atoms with Crippen molar-refractivity contribution in [1.82, 2.24) is 21.4 Å². The van der Waals surface area contributed by atoms with Crippen molar-refractivity contribution < 1.29 is 29.1 Å². The van der Waals surface area contributed by atoms with E-state index < -0.39 is 53.8 Å². The van der Waals surface area contributed by atoms with Crippen LogP contribution in [-0.2, 0) is 19.2 Å². The molecule has 3 aromatic carbocycles. The number of aliphatic hydroxyl groups excluding tert-OH is 1. The predicted octanol–water partition coefficient (Wildman–Crippen LogP) is 1.23. The molecule has 12 heteroatoms. The first kappa shape index (κ1) is 32.3. The fourth-order valence-electron chi connectivity index (χ4n) is 4.04. The van der Waals surface area contributed by atoms with E-state index in [2.05, 4.69) is 26.8 Å². The molecule has 43 heavy (non-hydrogen) atoms. The second kappa shape index (κ2) is 15.7. The molecule has 5 amide bonds. The third kappa shape index (κ3) is 9.97. The normalized spacial score (nSPS) is 13.4. The molecule has 0 spiro atoms. The summed E-state index contributed by atoms with van der Waals surface area (Å²) in [6.45, 7) is 2.71. The van der Waals surface area contributed by atoms with Gasteiger partial charge in [-0.2, -0.15) is 0 Å². The molecule has 3 aromatic rings. The van der Waals surface area contributed by atoms with Crippen molar-refractivity contribution in [2.75, 3.05) is 5.43 Å². The van der Waals surface area contributed by atoms with Gasteiger partial charge in [-0.15, -0.1) is 0 Å². The van der Waals surface area contributed by atoms with Crippen LogP contribution in [0, 0.1) is 0 Å². The summed E-state index contributed by atoms with van der Waals surface area (Å²) in [6.07, 6.45) is -1.55. The van der Waals surface area contributed by atoms with Crippen LogP contribution in [0.1, 0.15) is 37.0 Å². The Morgan fingerprint density at radius 1 is 0.721 bits per heavy atom. The second-order valence-corrected chi connectivity index (χ2v) is 9.91. The van der Waals surface area contributed by atoms with E-state index >= 15 is 0 Å². The first-order valence-corrected chi connectivity index (χ1v) is 13.7. The molecule has 0 saturated heterocycles. The molecule has 0 aromatic heterocycles. The van der Waals surface area contributed by atoms with Gasteiger partial charge in [-0.25, -0.2) is 0 Å². The first-order chi connectivity index (χ1) is 20.5. The molecule has 0 aliphatic carbocycles. The Bertz CT molecular complexity index is 1400. The number of amides is 5. The van der Waals surface area contributed by atoms with Gasteiger partial charge in [0.2, 0.25) is 17.7 Å². The van der Waals surface area contributed by atoms with Gasteiger partial charge >= 0.3 is 0 Å². The molecule has 0 saturated carbocycles. The number of hydrogen-bond donors (Lipinski definition) is 7. The first-order valence-electron chi connectivity index (χ1n) is 13.7. The van der Waals surface area contributed by atoms with Gasteiger partial charge in [-0.05, 0) is 55.7 Å². The number of hydrogen-bond acceptors (Lipinski definition) is 7. The Morgan fingerprint density at radius 2 is 1.30 bits per heavy atom. The van der Waals surface area contributed by atoms with E-state index in [9.17, 15) is 29.1 Å². The number of rotatable bonds is 14. The van der Waals surface area contributed by atoms with E-state index in [1.54, 1.807) is 54.6 Å². The number of hydrazine groups is 1. The number of carbonyl (C=O) groups is 5. The highest BCUT2D eigenvalue weighted by Gasteiger charge is 2.30. The molecule has 4 atom stereocenters. The van der Waals surface area contributed by atoms with Crippen molar-refractivity contribution in [3.8, 4) is 11.1 Å². The molecule has 0 aliphatic heterocycles. The van der Waals surface area contributed by atoms with Crippen molar-refractivity contribution in [3.05, 3.63) is 90.5 Å². The summed E-state index contributed by atoms with van der Waals surface area (Å²) in [5.74, 6) is -3.42. The van der Waals surface area contributed by atoms with E-state index in [4.69, 9.17) is 5.73 Å². The number of primary amides is 1. The smallest absolute Gasteiger partial charge is 0.260 e. The van der Waals surface area contributed by atoms with Gasteiger partial charge in [0, 0.05) is 12.0 Å². The van der Waals surface area contributed by atoms with Gasteiger partial charge in [0.25, 0.3) is 11.8 Å². The molecule has 0 heterocycles. The molecule has 0 fully saturated rings. The van der Waals surface area contributed by atoms with E-state index in [-0.39, 0.29) is 18.4 Å². The molecule has 0 aliphatic rings. The maximum Gasteiger partial charge on any atom is 0.260 e. The van der Waals surface area contributed by atoms with Gasteiger partial charge in [-0.1, -0.05) is 60.7 Å². The van der Waals surface area contributed by atoms with Crippen LogP contribution in [-0.4, -0.2) is 58.9 Å². The lowest BCUT2D eigenvalue weighted by Gasteiger charge is -2.24. The Hall–Kier alpha value is -5.23. The summed E-state index contributed by atoms with van der Waals surface area (Å²) in [5, 5.41) is 17.7. The summed E-state index contributed by atoms with van der Waals surface area (Å²) in [5.41, 5.74) is 13.2. The zero-order chi connectivity index (χ0) is 31.4. The van der Waals surface area contributed by atoms with Gasteiger partial charge in [0.15, 0.2) is 0 Å². The SMILES string of the molecule is C[C@H](NC(=O)[C@@H](NC(=O)c1ccc(-c2ccccc2)cc1)[C@@H](C)O)C(=O)N[C@@H](CCC(N)=O)C(=O)NNc1ccccc1. The molecule has 0 bridgehead atoms. The highest BCUT2D eigenvalue weighted by atomic mass is 16.3. The maximum absolute atomic E-state index is 13.0. The summed E-state index contributed by atoms with van der Waals surface area (Å²) in [6, 6.07) is 21.4. The third-order valence-corrected chi connectivity index (χ3v) is 6.47. The molecular weight excluding hydrogens is 552 g/mol. The molecular formula is C31H36N6O6. The van der Waals surface area contributed by atoms with Crippen molar-refractivity contribution in [3.63, 3.8) is 0 Å². The highest BCUT2D eigenvalue weighted by Crippen LogP contribution is 2.19. The van der Waals surface area contributed by atoms with Crippen LogP contribution >= 0.6 is 0 Å². The lowest BCUT2D eigenvalue weighted by Crippen LogP contribution is -2.58. The minimum absolute atomic E-state index is 0.0839. The predicted molar refractivity (Wildman–Crippen MR) is 161 cm³/mol. The largest absolute Gasteiger partial charge is 0.391 e. The number of carbonyl (C=O) groups excluding carboxylic acids is 5. The van der Waals surface area contributed by atoms with Crippen LogP contribution in [0.15, 0.2) is 84.9 Å². The van der Waals surface area contributed by atoms with Crippen LogP contribution in [0.2, 0.25) is 0 Å². The van der Waals surface area contributed by atoms with Crippen LogP contribution in [0.4, 0.5) is 5.69 Å². The van der Waals surface area contributed by atoms with Crippen molar-refractivity contribution in [1.29, 1.82) is 0 Å². The number of nitrogens with two attached hydrogens (primary N) is 1.